The predicted molar refractivity (Wildman–Crippen MR) is 87.5 cm³/mol. The molecule has 0 aliphatic carbocycles. The van der Waals surface area contributed by atoms with Crippen molar-refractivity contribution < 1.29 is 0 Å². The number of nitrogens with two attached hydrogens (primary N) is 1. The molecule has 1 atom stereocenters. The molecule has 2 heteroatoms. The highest BCUT2D eigenvalue weighted by molar-refractivity contribution is 5.50. The molecule has 2 N–H and O–H groups in total. The topological polar surface area (TPSA) is 29.3 Å². The van der Waals surface area contributed by atoms with Gasteiger partial charge in [0.2, 0.25) is 0 Å². The molecule has 0 heterocycles. The van der Waals surface area contributed by atoms with Gasteiger partial charge in [0.15, 0.2) is 0 Å². The molecule has 0 bridgehead atoms. The van der Waals surface area contributed by atoms with Crippen LogP contribution in [0.4, 0.5) is 5.69 Å². The average Bonchev–Trinajstić information content (AvgIpc) is 2.42. The van der Waals surface area contributed by atoms with Gasteiger partial charge in [-0.1, -0.05) is 24.3 Å². The van der Waals surface area contributed by atoms with Gasteiger partial charge in [-0.15, -0.1) is 0 Å². The fourth-order valence-electron chi connectivity index (χ4n) is 2.49. The molecule has 2 rings (SSSR count). The minimum atomic E-state index is -0.0748. The van der Waals surface area contributed by atoms with Crippen molar-refractivity contribution in [3.8, 4) is 0 Å². The predicted octanol–water partition coefficient (Wildman–Crippen LogP) is 3.73. The van der Waals surface area contributed by atoms with Crippen molar-refractivity contribution >= 4 is 5.69 Å². The summed E-state index contributed by atoms with van der Waals surface area (Å²) in [7, 11) is 4.10. The van der Waals surface area contributed by atoms with E-state index in [4.69, 9.17) is 5.73 Å². The molecule has 0 aliphatic rings. The third kappa shape index (κ3) is 2.86. The molecule has 0 spiro atoms. The molecule has 2 nitrogen and oxygen atoms in total. The van der Waals surface area contributed by atoms with E-state index in [1.807, 2.05) is 14.1 Å². The third-order valence-corrected chi connectivity index (χ3v) is 3.96. The van der Waals surface area contributed by atoms with Crippen molar-refractivity contribution in [3.05, 3.63) is 64.2 Å². The van der Waals surface area contributed by atoms with Gasteiger partial charge in [0, 0.05) is 19.8 Å². The van der Waals surface area contributed by atoms with Gasteiger partial charge in [-0.2, -0.15) is 0 Å². The van der Waals surface area contributed by atoms with E-state index in [1.54, 1.807) is 0 Å². The quantitative estimate of drug-likeness (QED) is 0.919. The van der Waals surface area contributed by atoms with Gasteiger partial charge in [0.1, 0.15) is 0 Å². The largest absolute Gasteiger partial charge is 0.378 e. The van der Waals surface area contributed by atoms with Gasteiger partial charge in [-0.25, -0.2) is 0 Å². The summed E-state index contributed by atoms with van der Waals surface area (Å²) in [6.07, 6.45) is 0. The Morgan fingerprint density at radius 1 is 0.900 bits per heavy atom. The SMILES string of the molecule is Cc1cc(C)c(C(N)c2cccc(N(C)C)c2)cc1C. The Labute approximate surface area is 122 Å². The second-order valence-electron chi connectivity index (χ2n) is 5.76. The first-order valence-electron chi connectivity index (χ1n) is 7.00. The van der Waals surface area contributed by atoms with E-state index in [-0.39, 0.29) is 6.04 Å². The number of nitrogens with zero attached hydrogens (tertiary/aromatic N) is 1. The number of hydrogen-bond acceptors (Lipinski definition) is 2. The van der Waals surface area contributed by atoms with E-state index in [2.05, 4.69) is 62.1 Å². The summed E-state index contributed by atoms with van der Waals surface area (Å²) in [6.45, 7) is 6.42. The monoisotopic (exact) mass is 268 g/mol. The number of aryl methyl sites for hydroxylation is 3. The maximum absolute atomic E-state index is 6.49. The molecule has 2 aromatic carbocycles. The molecule has 0 fully saturated rings. The summed E-state index contributed by atoms with van der Waals surface area (Å²) < 4.78 is 0. The molecule has 0 saturated carbocycles. The Hall–Kier alpha value is -1.80. The Balaban J connectivity index is 2.43. The number of hydrogen-bond donors (Lipinski definition) is 1. The lowest BCUT2D eigenvalue weighted by Crippen LogP contribution is -2.15. The van der Waals surface area contributed by atoms with Gasteiger partial charge >= 0.3 is 0 Å². The lowest BCUT2D eigenvalue weighted by molar-refractivity contribution is 0.857. The zero-order valence-electron chi connectivity index (χ0n) is 13.1. The zero-order valence-corrected chi connectivity index (χ0v) is 13.1. The molecule has 0 radical (unpaired) electrons. The fourth-order valence-corrected chi connectivity index (χ4v) is 2.49. The second-order valence-corrected chi connectivity index (χ2v) is 5.76. The van der Waals surface area contributed by atoms with Crippen LogP contribution in [0.5, 0.6) is 0 Å². The van der Waals surface area contributed by atoms with Crippen molar-refractivity contribution in [3.63, 3.8) is 0 Å². The summed E-state index contributed by atoms with van der Waals surface area (Å²) >= 11 is 0. The molecule has 2 aromatic rings. The summed E-state index contributed by atoms with van der Waals surface area (Å²) in [6, 6.07) is 12.8. The van der Waals surface area contributed by atoms with Crippen molar-refractivity contribution in [1.82, 2.24) is 0 Å². The highest BCUT2D eigenvalue weighted by Crippen LogP contribution is 2.27. The van der Waals surface area contributed by atoms with Gasteiger partial charge in [0.25, 0.3) is 0 Å². The lowest BCUT2D eigenvalue weighted by Gasteiger charge is -2.20. The van der Waals surface area contributed by atoms with Crippen molar-refractivity contribution in [2.75, 3.05) is 19.0 Å². The molecule has 0 saturated heterocycles. The maximum Gasteiger partial charge on any atom is 0.0555 e. The molecule has 1 unspecified atom stereocenters. The van der Waals surface area contributed by atoms with Crippen LogP contribution in [0, 0.1) is 20.8 Å². The first-order chi connectivity index (χ1) is 9.40. The zero-order chi connectivity index (χ0) is 14.9. The van der Waals surface area contributed by atoms with Crippen LogP contribution in [-0.4, -0.2) is 14.1 Å². The van der Waals surface area contributed by atoms with E-state index in [0.29, 0.717) is 0 Å². The standard InChI is InChI=1S/C18H24N2/c1-12-9-14(3)17(10-13(12)2)18(19)15-7-6-8-16(11-15)20(4)5/h6-11,18H,19H2,1-5H3. The first-order valence-corrected chi connectivity index (χ1v) is 7.00. The minimum absolute atomic E-state index is 0.0748. The summed E-state index contributed by atoms with van der Waals surface area (Å²) in [4.78, 5) is 2.10. The Morgan fingerprint density at radius 3 is 2.20 bits per heavy atom. The highest BCUT2D eigenvalue weighted by Gasteiger charge is 2.13. The van der Waals surface area contributed by atoms with Gasteiger partial charge in [-0.3, -0.25) is 0 Å². The van der Waals surface area contributed by atoms with Crippen molar-refractivity contribution in [1.29, 1.82) is 0 Å². The van der Waals surface area contributed by atoms with Crippen LogP contribution in [0.2, 0.25) is 0 Å². The van der Waals surface area contributed by atoms with Crippen LogP contribution < -0.4 is 10.6 Å². The van der Waals surface area contributed by atoms with Crippen molar-refractivity contribution in [2.45, 2.75) is 26.8 Å². The van der Waals surface area contributed by atoms with Gasteiger partial charge < -0.3 is 10.6 Å². The van der Waals surface area contributed by atoms with Crippen molar-refractivity contribution in [2.24, 2.45) is 5.73 Å². The van der Waals surface area contributed by atoms with Crippen LogP contribution in [0.25, 0.3) is 0 Å². The molecule has 0 aromatic heterocycles. The number of benzene rings is 2. The van der Waals surface area contributed by atoms with E-state index in [9.17, 15) is 0 Å². The Kier molecular flexibility index (Phi) is 4.15. The Bertz CT molecular complexity index is 615. The number of rotatable bonds is 3. The molecular formula is C18H24N2. The second kappa shape index (κ2) is 5.68. The van der Waals surface area contributed by atoms with E-state index in [0.717, 1.165) is 5.56 Å². The lowest BCUT2D eigenvalue weighted by atomic mass is 9.92. The smallest absolute Gasteiger partial charge is 0.0555 e. The average molecular weight is 268 g/mol. The molecule has 0 aliphatic heterocycles. The van der Waals surface area contributed by atoms with Crippen LogP contribution in [-0.2, 0) is 0 Å². The van der Waals surface area contributed by atoms with E-state index < -0.39 is 0 Å². The first kappa shape index (κ1) is 14.6. The summed E-state index contributed by atoms with van der Waals surface area (Å²) in [5.41, 5.74) is 13.9. The molecule has 106 valence electrons. The van der Waals surface area contributed by atoms with Crippen LogP contribution in [0.3, 0.4) is 0 Å². The maximum atomic E-state index is 6.49. The van der Waals surface area contributed by atoms with E-state index in [1.165, 1.54) is 27.9 Å². The minimum Gasteiger partial charge on any atom is -0.378 e. The fraction of sp³-hybridized carbons (Fsp3) is 0.333. The number of anilines is 1. The molecule has 0 amide bonds. The molecular weight excluding hydrogens is 244 g/mol. The summed E-state index contributed by atoms with van der Waals surface area (Å²) in [5.74, 6) is 0. The highest BCUT2D eigenvalue weighted by atomic mass is 15.1. The normalized spacial score (nSPS) is 12.3. The van der Waals surface area contributed by atoms with Gasteiger partial charge in [0.05, 0.1) is 6.04 Å². The molecule has 20 heavy (non-hydrogen) atoms. The van der Waals surface area contributed by atoms with Crippen LogP contribution in [0.1, 0.15) is 33.9 Å². The summed E-state index contributed by atoms with van der Waals surface area (Å²) in [5, 5.41) is 0. The van der Waals surface area contributed by atoms with Crippen LogP contribution >= 0.6 is 0 Å². The van der Waals surface area contributed by atoms with Crippen LogP contribution in [0.15, 0.2) is 36.4 Å². The Morgan fingerprint density at radius 2 is 1.55 bits per heavy atom. The van der Waals surface area contributed by atoms with Gasteiger partial charge in [-0.05, 0) is 60.7 Å². The van der Waals surface area contributed by atoms with E-state index >= 15 is 0 Å². The third-order valence-electron chi connectivity index (χ3n) is 3.96.